The van der Waals surface area contributed by atoms with Gasteiger partial charge in [-0.15, -0.1) is 11.8 Å². The summed E-state index contributed by atoms with van der Waals surface area (Å²) in [6, 6.07) is 15.4. The van der Waals surface area contributed by atoms with E-state index in [4.69, 9.17) is 4.74 Å². The molecule has 2 aromatic carbocycles. The fourth-order valence-electron chi connectivity index (χ4n) is 3.16. The van der Waals surface area contributed by atoms with Crippen molar-refractivity contribution in [3.8, 4) is 5.75 Å². The number of rotatable bonds is 8. The molecule has 3 rings (SSSR count). The van der Waals surface area contributed by atoms with Gasteiger partial charge in [0.15, 0.2) is 0 Å². The second-order valence-electron chi connectivity index (χ2n) is 6.60. The summed E-state index contributed by atoms with van der Waals surface area (Å²) in [6.45, 7) is 4.55. The molecule has 1 aliphatic heterocycles. The van der Waals surface area contributed by atoms with E-state index < -0.39 is 0 Å². The van der Waals surface area contributed by atoms with Crippen LogP contribution in [-0.4, -0.2) is 24.2 Å². The van der Waals surface area contributed by atoms with Crippen molar-refractivity contribution >= 4 is 35.0 Å². The van der Waals surface area contributed by atoms with Gasteiger partial charge in [-0.05, 0) is 43.2 Å². The van der Waals surface area contributed by atoms with Crippen molar-refractivity contribution in [1.82, 2.24) is 0 Å². The van der Waals surface area contributed by atoms with Gasteiger partial charge in [-0.1, -0.05) is 37.6 Å². The molecule has 2 aromatic rings. The van der Waals surface area contributed by atoms with E-state index in [0.29, 0.717) is 24.5 Å². The standard InChI is InChI=1S/C22H26N2O3S/c1-3-5-10-20(25)23-17-13-11-16(12-14-17)22-24(21(26)15-28-22)18-8-6-7-9-19(18)27-4-2/h6-9,11-14,22H,3-5,10,15H2,1-2H3,(H,23,25)/t22-/m1/s1. The van der Waals surface area contributed by atoms with E-state index in [1.807, 2.05) is 60.4 Å². The van der Waals surface area contributed by atoms with Gasteiger partial charge in [0.25, 0.3) is 0 Å². The minimum absolute atomic E-state index is 0.0345. The average molecular weight is 399 g/mol. The number of carbonyl (C=O) groups is 2. The van der Waals surface area contributed by atoms with Crippen molar-refractivity contribution in [2.45, 2.75) is 38.5 Å². The summed E-state index contributed by atoms with van der Waals surface area (Å²) in [7, 11) is 0. The number of nitrogens with one attached hydrogen (secondary N) is 1. The van der Waals surface area contributed by atoms with E-state index in [0.717, 1.165) is 29.8 Å². The molecule has 0 unspecified atom stereocenters. The predicted molar refractivity (Wildman–Crippen MR) is 115 cm³/mol. The molecule has 0 aliphatic carbocycles. The zero-order chi connectivity index (χ0) is 19.9. The number of unbranched alkanes of at least 4 members (excludes halogenated alkanes) is 1. The maximum atomic E-state index is 12.6. The molecule has 1 fully saturated rings. The number of hydrogen-bond acceptors (Lipinski definition) is 4. The average Bonchev–Trinajstić information content (AvgIpc) is 3.09. The van der Waals surface area contributed by atoms with Crippen molar-refractivity contribution in [1.29, 1.82) is 0 Å². The van der Waals surface area contributed by atoms with Crippen LogP contribution in [0.5, 0.6) is 5.75 Å². The van der Waals surface area contributed by atoms with Crippen LogP contribution in [0.2, 0.25) is 0 Å². The van der Waals surface area contributed by atoms with E-state index in [1.54, 1.807) is 11.8 Å². The highest BCUT2D eigenvalue weighted by Crippen LogP contribution is 2.44. The first-order valence-electron chi connectivity index (χ1n) is 9.69. The fourth-order valence-corrected chi connectivity index (χ4v) is 4.33. The summed E-state index contributed by atoms with van der Waals surface area (Å²) in [5.41, 5.74) is 2.59. The molecular formula is C22H26N2O3S. The molecule has 1 heterocycles. The van der Waals surface area contributed by atoms with Gasteiger partial charge in [-0.25, -0.2) is 0 Å². The lowest BCUT2D eigenvalue weighted by Gasteiger charge is -2.26. The zero-order valence-electron chi connectivity index (χ0n) is 16.3. The third-order valence-corrected chi connectivity index (χ3v) is 5.74. The minimum atomic E-state index is -0.112. The summed E-state index contributed by atoms with van der Waals surface area (Å²) in [5, 5.41) is 2.81. The van der Waals surface area contributed by atoms with Crippen molar-refractivity contribution in [2.24, 2.45) is 0 Å². The summed E-state index contributed by atoms with van der Waals surface area (Å²) >= 11 is 1.60. The van der Waals surface area contributed by atoms with Crippen LogP contribution in [0, 0.1) is 0 Å². The normalized spacial score (nSPS) is 16.3. The quantitative estimate of drug-likeness (QED) is 0.680. The highest BCUT2D eigenvalue weighted by atomic mass is 32.2. The second kappa shape index (κ2) is 9.64. The first-order valence-corrected chi connectivity index (χ1v) is 10.7. The number of hydrogen-bond donors (Lipinski definition) is 1. The smallest absolute Gasteiger partial charge is 0.238 e. The van der Waals surface area contributed by atoms with E-state index in [9.17, 15) is 9.59 Å². The molecule has 0 radical (unpaired) electrons. The van der Waals surface area contributed by atoms with Crippen LogP contribution in [0.3, 0.4) is 0 Å². The Morgan fingerprint density at radius 2 is 1.93 bits per heavy atom. The van der Waals surface area contributed by atoms with Gasteiger partial charge in [-0.3, -0.25) is 14.5 Å². The van der Waals surface area contributed by atoms with Gasteiger partial charge in [0.2, 0.25) is 11.8 Å². The number of nitrogens with zero attached hydrogens (tertiary/aromatic N) is 1. The minimum Gasteiger partial charge on any atom is -0.492 e. The largest absolute Gasteiger partial charge is 0.492 e. The Morgan fingerprint density at radius 3 is 2.64 bits per heavy atom. The summed E-state index contributed by atoms with van der Waals surface area (Å²) in [4.78, 5) is 26.3. The molecule has 0 aromatic heterocycles. The zero-order valence-corrected chi connectivity index (χ0v) is 17.1. The van der Waals surface area contributed by atoms with E-state index in [1.165, 1.54) is 0 Å². The molecular weight excluding hydrogens is 372 g/mol. The molecule has 6 heteroatoms. The van der Waals surface area contributed by atoms with Crippen molar-refractivity contribution in [3.05, 3.63) is 54.1 Å². The van der Waals surface area contributed by atoms with Crippen LogP contribution >= 0.6 is 11.8 Å². The van der Waals surface area contributed by atoms with E-state index in [2.05, 4.69) is 12.2 Å². The molecule has 148 valence electrons. The Bertz CT molecular complexity index is 823. The maximum absolute atomic E-state index is 12.6. The third kappa shape index (κ3) is 4.68. The molecule has 0 bridgehead atoms. The fraction of sp³-hybridized carbons (Fsp3) is 0.364. The molecule has 2 amide bonds. The van der Waals surface area contributed by atoms with Crippen molar-refractivity contribution < 1.29 is 14.3 Å². The van der Waals surface area contributed by atoms with E-state index >= 15 is 0 Å². The SMILES string of the molecule is CCCCC(=O)Nc1ccc([C@H]2SCC(=O)N2c2ccccc2OCC)cc1. The second-order valence-corrected chi connectivity index (χ2v) is 7.67. The van der Waals surface area contributed by atoms with Crippen molar-refractivity contribution in [2.75, 3.05) is 22.6 Å². The van der Waals surface area contributed by atoms with Crippen LogP contribution in [0.1, 0.15) is 44.0 Å². The van der Waals surface area contributed by atoms with Crippen LogP contribution in [0.15, 0.2) is 48.5 Å². The molecule has 0 saturated carbocycles. The number of ether oxygens (including phenoxy) is 1. The van der Waals surface area contributed by atoms with Gasteiger partial charge < -0.3 is 10.1 Å². The van der Waals surface area contributed by atoms with E-state index in [-0.39, 0.29) is 17.2 Å². The third-order valence-electron chi connectivity index (χ3n) is 4.53. The Labute approximate surface area is 170 Å². The number of amides is 2. The summed E-state index contributed by atoms with van der Waals surface area (Å²) in [5.74, 6) is 1.25. The Morgan fingerprint density at radius 1 is 1.18 bits per heavy atom. The molecule has 1 atom stereocenters. The summed E-state index contributed by atoms with van der Waals surface area (Å²) in [6.07, 6.45) is 2.42. The number of thioether (sulfide) groups is 1. The van der Waals surface area contributed by atoms with Crippen molar-refractivity contribution in [3.63, 3.8) is 0 Å². The molecule has 1 saturated heterocycles. The monoisotopic (exact) mass is 398 g/mol. The first-order chi connectivity index (χ1) is 13.6. The Balaban J connectivity index is 1.79. The number of para-hydroxylation sites is 2. The lowest BCUT2D eigenvalue weighted by molar-refractivity contribution is -0.116. The molecule has 1 N–H and O–H groups in total. The number of carbonyl (C=O) groups excluding carboxylic acids is 2. The topological polar surface area (TPSA) is 58.6 Å². The Hall–Kier alpha value is -2.47. The Kier molecular flexibility index (Phi) is 6.98. The summed E-state index contributed by atoms with van der Waals surface area (Å²) < 4.78 is 5.73. The van der Waals surface area contributed by atoms with Crippen LogP contribution in [0.25, 0.3) is 0 Å². The van der Waals surface area contributed by atoms with Crippen LogP contribution in [0.4, 0.5) is 11.4 Å². The maximum Gasteiger partial charge on any atom is 0.238 e. The molecule has 0 spiro atoms. The van der Waals surface area contributed by atoms with Crippen LogP contribution < -0.4 is 15.0 Å². The van der Waals surface area contributed by atoms with Crippen LogP contribution in [-0.2, 0) is 9.59 Å². The predicted octanol–water partition coefficient (Wildman–Crippen LogP) is 4.99. The number of benzene rings is 2. The highest BCUT2D eigenvalue weighted by Gasteiger charge is 2.35. The number of anilines is 2. The first kappa shape index (κ1) is 20.3. The molecule has 1 aliphatic rings. The molecule has 5 nitrogen and oxygen atoms in total. The lowest BCUT2D eigenvalue weighted by atomic mass is 10.1. The van der Waals surface area contributed by atoms with Gasteiger partial charge in [0, 0.05) is 12.1 Å². The van der Waals surface area contributed by atoms with Gasteiger partial charge in [-0.2, -0.15) is 0 Å². The lowest BCUT2D eigenvalue weighted by Crippen LogP contribution is -2.28. The molecule has 28 heavy (non-hydrogen) atoms. The van der Waals surface area contributed by atoms with Gasteiger partial charge in [0.05, 0.1) is 18.0 Å². The van der Waals surface area contributed by atoms with Gasteiger partial charge >= 0.3 is 0 Å². The van der Waals surface area contributed by atoms with Gasteiger partial charge in [0.1, 0.15) is 11.1 Å². The highest BCUT2D eigenvalue weighted by molar-refractivity contribution is 8.00.